The van der Waals surface area contributed by atoms with E-state index < -0.39 is 0 Å². The summed E-state index contributed by atoms with van der Waals surface area (Å²) in [7, 11) is 0. The maximum atomic E-state index is 5.92. The van der Waals surface area contributed by atoms with Crippen molar-refractivity contribution in [1.29, 1.82) is 0 Å². The Morgan fingerprint density at radius 3 is 2.73 bits per heavy atom. The molecule has 0 saturated carbocycles. The van der Waals surface area contributed by atoms with E-state index in [0.717, 1.165) is 27.1 Å². The zero-order valence-corrected chi connectivity index (χ0v) is 10.4. The van der Waals surface area contributed by atoms with Gasteiger partial charge < -0.3 is 15.2 Å². The van der Waals surface area contributed by atoms with Gasteiger partial charge in [-0.3, -0.25) is 0 Å². The molecule has 0 aliphatic carbocycles. The number of ether oxygens (including phenoxy) is 2. The van der Waals surface area contributed by atoms with Crippen molar-refractivity contribution in [3.63, 3.8) is 0 Å². The molecule has 0 aromatic heterocycles. The van der Waals surface area contributed by atoms with Crippen molar-refractivity contribution < 1.29 is 9.47 Å². The molecule has 1 aliphatic rings. The minimum atomic E-state index is -0.0183. The van der Waals surface area contributed by atoms with Crippen LogP contribution in [0.15, 0.2) is 10.5 Å². The fourth-order valence-electron chi connectivity index (χ4n) is 1.89. The van der Waals surface area contributed by atoms with E-state index >= 15 is 0 Å². The molecule has 0 saturated heterocycles. The molecule has 1 atom stereocenters. The monoisotopic (exact) mass is 271 g/mol. The summed E-state index contributed by atoms with van der Waals surface area (Å²) in [5.74, 6) is 1.63. The average molecular weight is 272 g/mol. The van der Waals surface area contributed by atoms with Gasteiger partial charge in [0.1, 0.15) is 13.2 Å². The lowest BCUT2D eigenvalue weighted by atomic mass is 10.0. The van der Waals surface area contributed by atoms with Gasteiger partial charge in [0.15, 0.2) is 11.5 Å². The van der Waals surface area contributed by atoms with Gasteiger partial charge in [0.25, 0.3) is 0 Å². The maximum Gasteiger partial charge on any atom is 0.164 e. The number of nitrogens with two attached hydrogens (primary N) is 1. The second-order valence-corrected chi connectivity index (χ2v) is 4.56. The number of fused-ring (bicyclic) bond motifs is 1. The van der Waals surface area contributed by atoms with E-state index in [9.17, 15) is 0 Å². The zero-order valence-electron chi connectivity index (χ0n) is 8.84. The highest BCUT2D eigenvalue weighted by Crippen LogP contribution is 2.41. The van der Waals surface area contributed by atoms with E-state index in [1.54, 1.807) is 0 Å². The first-order valence-corrected chi connectivity index (χ1v) is 5.74. The Balaban J connectivity index is 2.59. The van der Waals surface area contributed by atoms with Crippen LogP contribution < -0.4 is 15.2 Å². The van der Waals surface area contributed by atoms with Crippen LogP contribution in [0.2, 0.25) is 0 Å². The topological polar surface area (TPSA) is 44.5 Å². The Kier molecular flexibility index (Phi) is 2.89. The van der Waals surface area contributed by atoms with Crippen LogP contribution >= 0.6 is 15.9 Å². The highest BCUT2D eigenvalue weighted by Gasteiger charge is 2.20. The van der Waals surface area contributed by atoms with Crippen molar-refractivity contribution in [2.24, 2.45) is 5.73 Å². The maximum absolute atomic E-state index is 5.92. The van der Waals surface area contributed by atoms with E-state index in [-0.39, 0.29) is 6.04 Å². The van der Waals surface area contributed by atoms with Gasteiger partial charge in [-0.1, -0.05) is 15.9 Å². The van der Waals surface area contributed by atoms with Crippen LogP contribution in [0.3, 0.4) is 0 Å². The molecule has 3 nitrogen and oxygen atoms in total. The largest absolute Gasteiger partial charge is 0.486 e. The van der Waals surface area contributed by atoms with Crippen LogP contribution in [0.1, 0.15) is 24.1 Å². The minimum absolute atomic E-state index is 0.0183. The molecule has 1 unspecified atom stereocenters. The third-order valence-electron chi connectivity index (χ3n) is 2.53. The summed E-state index contributed by atoms with van der Waals surface area (Å²) in [5, 5.41) is 0. The molecule has 1 aliphatic heterocycles. The molecule has 0 bridgehead atoms. The number of benzene rings is 1. The van der Waals surface area contributed by atoms with E-state index in [1.165, 1.54) is 0 Å². The van der Waals surface area contributed by atoms with E-state index in [0.29, 0.717) is 13.2 Å². The number of hydrogen-bond acceptors (Lipinski definition) is 3. The molecule has 15 heavy (non-hydrogen) atoms. The molecule has 1 heterocycles. The predicted molar refractivity (Wildman–Crippen MR) is 62.5 cm³/mol. The quantitative estimate of drug-likeness (QED) is 0.854. The fourth-order valence-corrected chi connectivity index (χ4v) is 2.75. The molecule has 0 radical (unpaired) electrons. The number of hydrogen-bond donors (Lipinski definition) is 1. The molecule has 0 spiro atoms. The normalized spacial score (nSPS) is 16.3. The average Bonchev–Trinajstić information content (AvgIpc) is 2.17. The summed E-state index contributed by atoms with van der Waals surface area (Å²) >= 11 is 3.51. The summed E-state index contributed by atoms with van der Waals surface area (Å²) in [6.45, 7) is 5.18. The lowest BCUT2D eigenvalue weighted by Crippen LogP contribution is -2.18. The van der Waals surface area contributed by atoms with Gasteiger partial charge in [0, 0.05) is 16.1 Å². The molecule has 0 amide bonds. The standard InChI is InChI=1S/C11H14BrNO2/c1-6-10(7(2)13)8(12)5-9-11(6)15-4-3-14-9/h5,7H,3-4,13H2,1-2H3. The van der Waals surface area contributed by atoms with Gasteiger partial charge in [0.05, 0.1) is 0 Å². The third kappa shape index (κ3) is 1.84. The molecular weight excluding hydrogens is 258 g/mol. The third-order valence-corrected chi connectivity index (χ3v) is 3.18. The van der Waals surface area contributed by atoms with Crippen molar-refractivity contribution in [3.8, 4) is 11.5 Å². The first kappa shape index (κ1) is 10.8. The summed E-state index contributed by atoms with van der Waals surface area (Å²) in [6, 6.07) is 1.91. The van der Waals surface area contributed by atoms with Crippen LogP contribution in [0.25, 0.3) is 0 Å². The van der Waals surface area contributed by atoms with Gasteiger partial charge in [0.2, 0.25) is 0 Å². The smallest absolute Gasteiger partial charge is 0.164 e. The van der Waals surface area contributed by atoms with Crippen molar-refractivity contribution in [2.45, 2.75) is 19.9 Å². The SMILES string of the molecule is Cc1c2c(cc(Br)c1C(C)N)OCCO2. The summed E-state index contributed by atoms with van der Waals surface area (Å²) in [5.41, 5.74) is 8.07. The van der Waals surface area contributed by atoms with Crippen LogP contribution in [-0.2, 0) is 0 Å². The van der Waals surface area contributed by atoms with Crippen LogP contribution in [0.4, 0.5) is 0 Å². The van der Waals surface area contributed by atoms with Crippen molar-refractivity contribution in [2.75, 3.05) is 13.2 Å². The van der Waals surface area contributed by atoms with Gasteiger partial charge in [-0.05, 0) is 25.5 Å². The molecular formula is C11H14BrNO2. The summed E-state index contributed by atoms with van der Waals surface area (Å²) in [4.78, 5) is 0. The molecule has 82 valence electrons. The van der Waals surface area contributed by atoms with Crippen molar-refractivity contribution >= 4 is 15.9 Å². The van der Waals surface area contributed by atoms with Gasteiger partial charge >= 0.3 is 0 Å². The second kappa shape index (κ2) is 4.02. The van der Waals surface area contributed by atoms with Gasteiger partial charge in [-0.2, -0.15) is 0 Å². The van der Waals surface area contributed by atoms with E-state index in [4.69, 9.17) is 15.2 Å². The Morgan fingerprint density at radius 2 is 2.07 bits per heavy atom. The summed E-state index contributed by atoms with van der Waals surface area (Å²) < 4.78 is 12.1. The predicted octanol–water partition coefficient (Wildman–Crippen LogP) is 2.55. The lowest BCUT2D eigenvalue weighted by molar-refractivity contribution is 0.170. The van der Waals surface area contributed by atoms with Crippen LogP contribution in [-0.4, -0.2) is 13.2 Å². The Labute approximate surface area is 97.7 Å². The molecule has 1 aromatic carbocycles. The van der Waals surface area contributed by atoms with Gasteiger partial charge in [-0.15, -0.1) is 0 Å². The Morgan fingerprint density at radius 1 is 1.40 bits per heavy atom. The minimum Gasteiger partial charge on any atom is -0.486 e. The first-order chi connectivity index (χ1) is 7.11. The van der Waals surface area contributed by atoms with Crippen molar-refractivity contribution in [1.82, 2.24) is 0 Å². The van der Waals surface area contributed by atoms with Gasteiger partial charge in [-0.25, -0.2) is 0 Å². The Hall–Kier alpha value is -0.740. The lowest BCUT2D eigenvalue weighted by Gasteiger charge is -2.23. The highest BCUT2D eigenvalue weighted by atomic mass is 79.9. The molecule has 1 aromatic rings. The highest BCUT2D eigenvalue weighted by molar-refractivity contribution is 9.10. The summed E-state index contributed by atoms with van der Waals surface area (Å²) in [6.07, 6.45) is 0. The molecule has 0 fully saturated rings. The molecule has 2 N–H and O–H groups in total. The van der Waals surface area contributed by atoms with Crippen molar-refractivity contribution in [3.05, 3.63) is 21.7 Å². The molecule has 4 heteroatoms. The van der Waals surface area contributed by atoms with E-state index in [2.05, 4.69) is 15.9 Å². The number of rotatable bonds is 1. The Bertz CT molecular complexity index is 391. The van der Waals surface area contributed by atoms with Crippen LogP contribution in [0, 0.1) is 6.92 Å². The van der Waals surface area contributed by atoms with E-state index in [1.807, 2.05) is 19.9 Å². The fraction of sp³-hybridized carbons (Fsp3) is 0.455. The number of halogens is 1. The molecule has 2 rings (SSSR count). The zero-order chi connectivity index (χ0) is 11.0. The van der Waals surface area contributed by atoms with Crippen LogP contribution in [0.5, 0.6) is 11.5 Å². The second-order valence-electron chi connectivity index (χ2n) is 3.71. The first-order valence-electron chi connectivity index (χ1n) is 4.95.